The van der Waals surface area contributed by atoms with Gasteiger partial charge in [-0.3, -0.25) is 19.3 Å². The number of rotatable bonds is 10. The van der Waals surface area contributed by atoms with E-state index in [2.05, 4.69) is 0 Å². The van der Waals surface area contributed by atoms with Crippen molar-refractivity contribution in [1.29, 1.82) is 0 Å². The number of carbonyl (C=O) groups excluding carboxylic acids is 3. The molecule has 0 aliphatic carbocycles. The van der Waals surface area contributed by atoms with Crippen molar-refractivity contribution < 1.29 is 28.3 Å². The second kappa shape index (κ2) is 13.8. The normalized spacial score (nSPS) is 22.7. The Bertz CT molecular complexity index is 1940. The summed E-state index contributed by atoms with van der Waals surface area (Å²) in [6.45, 7) is 5.57. The summed E-state index contributed by atoms with van der Waals surface area (Å²) in [5.41, 5.74) is 3.26. The Hall–Kier alpha value is -4.64. The maximum Gasteiger partial charge on any atom is 0.264 e. The number of anilines is 3. The molecule has 0 saturated carbocycles. The number of hydrogen-bond acceptors (Lipinski definition) is 5. The Morgan fingerprint density at radius 2 is 1.59 bits per heavy atom. The van der Waals surface area contributed by atoms with Crippen molar-refractivity contribution in [3.8, 4) is 0 Å². The molecule has 51 heavy (non-hydrogen) atoms. The molecular weight excluding hydrogens is 662 g/mol. The van der Waals surface area contributed by atoms with Crippen molar-refractivity contribution in [3.05, 3.63) is 125 Å². The van der Waals surface area contributed by atoms with E-state index in [9.17, 15) is 14.7 Å². The van der Waals surface area contributed by atoms with Crippen LogP contribution in [-0.2, 0) is 44.2 Å². The van der Waals surface area contributed by atoms with Gasteiger partial charge in [-0.15, -0.1) is 0 Å². The SMILES string of the molecule is C[C@@H]1[C@@H]([Si](C)(C)F)[C@H](CC(=O)N(CCO)Cc2ccccc2)O[C@@]12C(=O)N(Cc1ccccc1)c1ccc(N3C(=O)CCc4ccccc43)cc12. The third-order valence-electron chi connectivity index (χ3n) is 10.8. The molecule has 10 heteroatoms. The van der Waals surface area contributed by atoms with Gasteiger partial charge in [-0.2, -0.15) is 0 Å². The zero-order valence-corrected chi connectivity index (χ0v) is 30.3. The summed E-state index contributed by atoms with van der Waals surface area (Å²) in [5.74, 6) is -1.24. The third-order valence-corrected chi connectivity index (χ3v) is 13.2. The first kappa shape index (κ1) is 34.8. The van der Waals surface area contributed by atoms with E-state index in [1.54, 1.807) is 27.8 Å². The first-order chi connectivity index (χ1) is 24.5. The fourth-order valence-corrected chi connectivity index (χ4v) is 11.0. The summed E-state index contributed by atoms with van der Waals surface area (Å²) >= 11 is 0. The number of benzene rings is 4. The molecule has 3 amide bonds. The molecule has 0 aromatic heterocycles. The number of aryl methyl sites for hydroxylation is 1. The highest BCUT2D eigenvalue weighted by Crippen LogP contribution is 2.61. The lowest BCUT2D eigenvalue weighted by molar-refractivity contribution is -0.150. The van der Waals surface area contributed by atoms with E-state index in [4.69, 9.17) is 4.74 Å². The Balaban J connectivity index is 1.31. The van der Waals surface area contributed by atoms with E-state index in [1.807, 2.05) is 110 Å². The lowest BCUT2D eigenvalue weighted by Crippen LogP contribution is -2.45. The predicted molar refractivity (Wildman–Crippen MR) is 198 cm³/mol. The maximum absolute atomic E-state index is 16.6. The fraction of sp³-hybridized carbons (Fsp3) is 0.341. The van der Waals surface area contributed by atoms with Gasteiger partial charge >= 0.3 is 0 Å². The van der Waals surface area contributed by atoms with E-state index >= 15 is 8.90 Å². The van der Waals surface area contributed by atoms with Crippen molar-refractivity contribution in [2.75, 3.05) is 23.0 Å². The highest BCUT2D eigenvalue weighted by atomic mass is 28.4. The summed E-state index contributed by atoms with van der Waals surface area (Å²) in [6.07, 6.45) is -0.0182. The van der Waals surface area contributed by atoms with Crippen LogP contribution >= 0.6 is 0 Å². The molecule has 0 bridgehead atoms. The van der Waals surface area contributed by atoms with Crippen LogP contribution in [0.2, 0.25) is 18.6 Å². The number of carbonyl (C=O) groups is 3. The van der Waals surface area contributed by atoms with Gasteiger partial charge in [-0.25, -0.2) is 0 Å². The summed E-state index contributed by atoms with van der Waals surface area (Å²) in [6, 6.07) is 32.6. The van der Waals surface area contributed by atoms with Crippen molar-refractivity contribution >= 4 is 43.2 Å². The average molecular weight is 706 g/mol. The Labute approximate surface area is 299 Å². The molecule has 1 fully saturated rings. The number of nitrogens with zero attached hydrogens (tertiary/aromatic N) is 3. The van der Waals surface area contributed by atoms with E-state index in [0.717, 1.165) is 22.4 Å². The van der Waals surface area contributed by atoms with Crippen LogP contribution in [0.15, 0.2) is 103 Å². The molecule has 4 aromatic rings. The predicted octanol–water partition coefficient (Wildman–Crippen LogP) is 7.03. The second-order valence-electron chi connectivity index (χ2n) is 14.4. The van der Waals surface area contributed by atoms with Crippen molar-refractivity contribution in [2.24, 2.45) is 5.92 Å². The van der Waals surface area contributed by atoms with E-state index < -0.39 is 31.6 Å². The van der Waals surface area contributed by atoms with Crippen LogP contribution in [0.4, 0.5) is 21.2 Å². The van der Waals surface area contributed by atoms with Crippen LogP contribution in [0, 0.1) is 5.92 Å². The second-order valence-corrected chi connectivity index (χ2v) is 18.2. The van der Waals surface area contributed by atoms with Gasteiger partial charge in [0.15, 0.2) is 5.60 Å². The molecule has 3 heterocycles. The summed E-state index contributed by atoms with van der Waals surface area (Å²) in [4.78, 5) is 47.5. The summed E-state index contributed by atoms with van der Waals surface area (Å²) in [5, 5.41) is 9.87. The molecular formula is C41H44FN3O5Si. The molecule has 3 aliphatic rings. The van der Waals surface area contributed by atoms with E-state index in [-0.39, 0.29) is 50.4 Å². The largest absolute Gasteiger partial charge is 0.395 e. The lowest BCUT2D eigenvalue weighted by atomic mass is 9.82. The van der Waals surface area contributed by atoms with Crippen LogP contribution < -0.4 is 9.80 Å². The van der Waals surface area contributed by atoms with Gasteiger partial charge in [0.1, 0.15) is 0 Å². The number of para-hydroxylation sites is 1. The number of fused-ring (bicyclic) bond motifs is 3. The zero-order chi connectivity index (χ0) is 35.9. The van der Waals surface area contributed by atoms with Gasteiger partial charge in [0.2, 0.25) is 20.2 Å². The number of aliphatic hydroxyl groups is 1. The highest BCUT2D eigenvalue weighted by molar-refractivity contribution is 6.72. The number of aliphatic hydroxyl groups excluding tert-OH is 1. The van der Waals surface area contributed by atoms with Gasteiger partial charge in [0.25, 0.3) is 5.91 Å². The first-order valence-electron chi connectivity index (χ1n) is 17.7. The first-order valence-corrected chi connectivity index (χ1v) is 20.7. The molecule has 3 aliphatic heterocycles. The molecule has 0 unspecified atom stereocenters. The Morgan fingerprint density at radius 3 is 2.27 bits per heavy atom. The molecule has 8 nitrogen and oxygen atoms in total. The van der Waals surface area contributed by atoms with Crippen LogP contribution in [0.1, 0.15) is 42.0 Å². The van der Waals surface area contributed by atoms with Gasteiger partial charge in [-0.1, -0.05) is 85.8 Å². The Kier molecular flexibility index (Phi) is 9.43. The van der Waals surface area contributed by atoms with Crippen LogP contribution in [0.3, 0.4) is 0 Å². The monoisotopic (exact) mass is 705 g/mol. The average Bonchev–Trinajstić information content (AvgIpc) is 3.54. The van der Waals surface area contributed by atoms with Crippen molar-refractivity contribution in [3.63, 3.8) is 0 Å². The summed E-state index contributed by atoms with van der Waals surface area (Å²) in [7, 11) is -3.57. The molecule has 1 saturated heterocycles. The van der Waals surface area contributed by atoms with Gasteiger partial charge in [0, 0.05) is 42.2 Å². The highest BCUT2D eigenvalue weighted by Gasteiger charge is 2.67. The molecule has 4 atom stereocenters. The van der Waals surface area contributed by atoms with Crippen LogP contribution in [0.5, 0.6) is 0 Å². The van der Waals surface area contributed by atoms with E-state index in [1.165, 1.54) is 0 Å². The minimum atomic E-state index is -3.57. The van der Waals surface area contributed by atoms with Crippen molar-refractivity contribution in [1.82, 2.24) is 4.90 Å². The van der Waals surface area contributed by atoms with Crippen LogP contribution in [0.25, 0.3) is 0 Å². The summed E-state index contributed by atoms with van der Waals surface area (Å²) < 4.78 is 23.6. The van der Waals surface area contributed by atoms with Gasteiger partial charge in [0.05, 0.1) is 37.1 Å². The maximum atomic E-state index is 16.6. The molecule has 4 aromatic carbocycles. The minimum absolute atomic E-state index is 0.0467. The topological polar surface area (TPSA) is 90.4 Å². The Morgan fingerprint density at radius 1 is 0.922 bits per heavy atom. The minimum Gasteiger partial charge on any atom is -0.395 e. The van der Waals surface area contributed by atoms with Crippen molar-refractivity contribution in [2.45, 2.75) is 69.6 Å². The van der Waals surface area contributed by atoms with E-state index in [0.29, 0.717) is 29.8 Å². The number of halogens is 1. The zero-order valence-electron chi connectivity index (χ0n) is 29.3. The molecule has 1 N–H and O–H groups in total. The molecule has 264 valence electrons. The standard InChI is InChI=1S/C41H44FN3O5Si/c1-28-39(51(2,3)42)36(25-38(48)43(22-23-46)26-29-12-6-4-7-13-29)50-41(28)33-24-32(45-34-17-11-10-16-31(34)18-21-37(45)47)19-20-35(33)44(40(41)49)27-30-14-8-5-9-15-30/h4-17,19-20,24,28,36,39,46H,18,21-23,25-27H2,1-3H3/t28-,36+,39-,41+/m1/s1. The lowest BCUT2D eigenvalue weighted by Gasteiger charge is -2.32. The number of hydrogen-bond donors (Lipinski definition) is 1. The molecule has 1 spiro atoms. The number of ether oxygens (including phenoxy) is 1. The number of amides is 3. The quantitative estimate of drug-likeness (QED) is 0.141. The molecule has 0 radical (unpaired) electrons. The van der Waals surface area contributed by atoms with Gasteiger partial charge < -0.3 is 23.8 Å². The fourth-order valence-electron chi connectivity index (χ4n) is 8.53. The van der Waals surface area contributed by atoms with Crippen LogP contribution in [-0.4, -0.2) is 55.4 Å². The third kappa shape index (κ3) is 6.30. The smallest absolute Gasteiger partial charge is 0.264 e. The van der Waals surface area contributed by atoms with Gasteiger partial charge in [-0.05, 0) is 60.5 Å². The molecule has 7 rings (SSSR count).